The molecule has 2 rings (SSSR count). The average molecular weight is 368 g/mol. The van der Waals surface area contributed by atoms with E-state index in [4.69, 9.17) is 0 Å². The lowest BCUT2D eigenvalue weighted by Gasteiger charge is -2.36. The van der Waals surface area contributed by atoms with Crippen molar-refractivity contribution in [3.63, 3.8) is 0 Å². The van der Waals surface area contributed by atoms with Crippen LogP contribution in [0.15, 0.2) is 27.6 Å². The van der Waals surface area contributed by atoms with E-state index in [0.717, 1.165) is 6.26 Å². The summed E-state index contributed by atoms with van der Waals surface area (Å²) in [5, 5.41) is -0.588. The summed E-state index contributed by atoms with van der Waals surface area (Å²) < 4.78 is 49.2. The Morgan fingerprint density at radius 1 is 1.21 bits per heavy atom. The lowest BCUT2D eigenvalue weighted by Crippen LogP contribution is -2.56. The monoisotopic (exact) mass is 367 g/mol. The first kappa shape index (κ1) is 15.0. The van der Waals surface area contributed by atoms with Crippen molar-refractivity contribution < 1.29 is 16.8 Å². The predicted octanol–water partition coefficient (Wildman–Crippen LogP) is 1.18. The van der Waals surface area contributed by atoms with Gasteiger partial charge in [-0.15, -0.1) is 0 Å². The van der Waals surface area contributed by atoms with Gasteiger partial charge in [-0.1, -0.05) is 22.0 Å². The summed E-state index contributed by atoms with van der Waals surface area (Å²) in [7, 11) is -6.78. The Morgan fingerprint density at radius 3 is 2.32 bits per heavy atom. The lowest BCUT2D eigenvalue weighted by atomic mass is 10.2. The third-order valence-corrected chi connectivity index (χ3v) is 7.16. The molecule has 1 fully saturated rings. The number of halogens is 1. The molecule has 0 radical (unpaired) electrons. The highest BCUT2D eigenvalue weighted by atomic mass is 79.9. The molecule has 1 heterocycles. The van der Waals surface area contributed by atoms with E-state index in [1.165, 1.54) is 4.31 Å². The minimum atomic E-state index is -3.61. The molecule has 0 saturated carbocycles. The number of sulfone groups is 1. The molecular weight excluding hydrogens is 354 g/mol. The van der Waals surface area contributed by atoms with E-state index >= 15 is 0 Å². The quantitative estimate of drug-likeness (QED) is 0.803. The summed E-state index contributed by atoms with van der Waals surface area (Å²) in [5.74, 6) is 0. The Hall–Kier alpha value is -0.440. The summed E-state index contributed by atoms with van der Waals surface area (Å²) in [5.41, 5.74) is 0.644. The van der Waals surface area contributed by atoms with Crippen molar-refractivity contribution in [2.45, 2.75) is 17.1 Å². The molecule has 0 unspecified atom stereocenters. The van der Waals surface area contributed by atoms with Gasteiger partial charge in [-0.25, -0.2) is 16.8 Å². The molecule has 1 aromatic carbocycles. The maximum absolute atomic E-state index is 12.4. The minimum absolute atomic E-state index is 0.0348. The van der Waals surface area contributed by atoms with Crippen LogP contribution in [-0.2, 0) is 19.9 Å². The normalized spacial score (nSPS) is 18.3. The molecule has 0 N–H and O–H groups in total. The van der Waals surface area contributed by atoms with E-state index in [9.17, 15) is 16.8 Å². The molecular formula is C11H14BrNO4S2. The van der Waals surface area contributed by atoms with Crippen molar-refractivity contribution in [3.8, 4) is 0 Å². The molecule has 0 aromatic heterocycles. The number of benzene rings is 1. The second-order valence-electron chi connectivity index (χ2n) is 4.68. The molecule has 1 aromatic rings. The topological polar surface area (TPSA) is 71.5 Å². The van der Waals surface area contributed by atoms with Gasteiger partial charge < -0.3 is 0 Å². The average Bonchev–Trinajstić information content (AvgIpc) is 2.16. The second kappa shape index (κ2) is 4.83. The maximum Gasteiger partial charge on any atom is 0.243 e. The highest BCUT2D eigenvalue weighted by Crippen LogP contribution is 2.28. The van der Waals surface area contributed by atoms with Crippen molar-refractivity contribution in [2.75, 3.05) is 19.3 Å². The fourth-order valence-electron chi connectivity index (χ4n) is 1.86. The lowest BCUT2D eigenvalue weighted by molar-refractivity contribution is 0.310. The fourth-order valence-corrected chi connectivity index (χ4v) is 5.24. The van der Waals surface area contributed by atoms with Crippen LogP contribution < -0.4 is 0 Å². The van der Waals surface area contributed by atoms with E-state index in [-0.39, 0.29) is 18.0 Å². The Balaban J connectivity index is 2.29. The molecule has 0 atom stereocenters. The number of rotatable bonds is 3. The van der Waals surface area contributed by atoms with Gasteiger partial charge in [-0.3, -0.25) is 0 Å². The summed E-state index contributed by atoms with van der Waals surface area (Å²) in [6.45, 7) is 1.79. The second-order valence-corrected chi connectivity index (χ2v) is 9.83. The first-order valence-corrected chi connectivity index (χ1v) is 9.76. The van der Waals surface area contributed by atoms with Crippen molar-refractivity contribution in [1.82, 2.24) is 4.31 Å². The third-order valence-electron chi connectivity index (χ3n) is 3.19. The van der Waals surface area contributed by atoms with Crippen LogP contribution >= 0.6 is 15.9 Å². The van der Waals surface area contributed by atoms with Gasteiger partial charge in [-0.2, -0.15) is 4.31 Å². The zero-order valence-electron chi connectivity index (χ0n) is 10.5. The van der Waals surface area contributed by atoms with Crippen molar-refractivity contribution >= 4 is 35.8 Å². The molecule has 1 saturated heterocycles. The van der Waals surface area contributed by atoms with Crippen LogP contribution in [0.5, 0.6) is 0 Å². The fraction of sp³-hybridized carbons (Fsp3) is 0.455. The number of nitrogens with zero attached hydrogens (tertiary/aromatic N) is 1. The van der Waals surface area contributed by atoms with Gasteiger partial charge in [0.1, 0.15) is 0 Å². The molecule has 8 heteroatoms. The van der Waals surface area contributed by atoms with Gasteiger partial charge in [-0.05, 0) is 24.6 Å². The van der Waals surface area contributed by atoms with E-state index in [0.29, 0.717) is 10.0 Å². The summed E-state index contributed by atoms with van der Waals surface area (Å²) in [6.07, 6.45) is 1.13. The van der Waals surface area contributed by atoms with Crippen LogP contribution in [0.4, 0.5) is 0 Å². The van der Waals surface area contributed by atoms with Gasteiger partial charge in [0.15, 0.2) is 9.84 Å². The van der Waals surface area contributed by atoms with Crippen LogP contribution in [0.25, 0.3) is 0 Å². The Bertz CT molecular complexity index is 706. The highest BCUT2D eigenvalue weighted by Gasteiger charge is 2.42. The molecule has 5 nitrogen and oxygen atoms in total. The van der Waals surface area contributed by atoms with Crippen molar-refractivity contribution in [2.24, 2.45) is 0 Å². The Labute approximate surface area is 121 Å². The molecule has 1 aliphatic rings. The van der Waals surface area contributed by atoms with E-state index in [2.05, 4.69) is 15.9 Å². The Morgan fingerprint density at radius 2 is 1.79 bits per heavy atom. The molecule has 0 amide bonds. The van der Waals surface area contributed by atoms with E-state index in [1.807, 2.05) is 0 Å². The highest BCUT2D eigenvalue weighted by molar-refractivity contribution is 9.10. The largest absolute Gasteiger partial charge is 0.243 e. The summed E-state index contributed by atoms with van der Waals surface area (Å²) >= 11 is 3.24. The minimum Gasteiger partial charge on any atom is -0.229 e. The van der Waals surface area contributed by atoms with Crippen molar-refractivity contribution in [1.29, 1.82) is 0 Å². The van der Waals surface area contributed by atoms with Crippen LogP contribution in [0, 0.1) is 6.92 Å². The van der Waals surface area contributed by atoms with E-state index < -0.39 is 25.1 Å². The predicted molar refractivity (Wildman–Crippen MR) is 76.3 cm³/mol. The van der Waals surface area contributed by atoms with Gasteiger partial charge in [0.25, 0.3) is 0 Å². The molecule has 0 bridgehead atoms. The first-order chi connectivity index (χ1) is 8.62. The van der Waals surface area contributed by atoms with Crippen LogP contribution in [0.2, 0.25) is 0 Å². The Kier molecular flexibility index (Phi) is 3.81. The van der Waals surface area contributed by atoms with Crippen LogP contribution in [0.3, 0.4) is 0 Å². The standard InChI is InChI=1S/C11H14BrNO4S2/c1-8-3-4-9(12)5-11(8)19(16,17)13-6-10(7-13)18(2,14)15/h3-5,10H,6-7H2,1-2H3. The van der Waals surface area contributed by atoms with Crippen molar-refractivity contribution in [3.05, 3.63) is 28.2 Å². The van der Waals surface area contributed by atoms with Gasteiger partial charge in [0.05, 0.1) is 10.1 Å². The zero-order chi connectivity index (χ0) is 14.4. The summed E-state index contributed by atoms with van der Waals surface area (Å²) in [6, 6.07) is 5.02. The maximum atomic E-state index is 12.4. The van der Waals surface area contributed by atoms with Gasteiger partial charge in [0.2, 0.25) is 10.0 Å². The number of hydrogen-bond donors (Lipinski definition) is 0. The molecule has 106 valence electrons. The van der Waals surface area contributed by atoms with Gasteiger partial charge in [0, 0.05) is 23.8 Å². The van der Waals surface area contributed by atoms with E-state index in [1.54, 1.807) is 25.1 Å². The molecule has 0 aliphatic carbocycles. The number of hydrogen-bond acceptors (Lipinski definition) is 4. The molecule has 1 aliphatic heterocycles. The van der Waals surface area contributed by atoms with Crippen LogP contribution in [0.1, 0.15) is 5.56 Å². The summed E-state index contributed by atoms with van der Waals surface area (Å²) in [4.78, 5) is 0.217. The SMILES string of the molecule is Cc1ccc(Br)cc1S(=O)(=O)N1CC(S(C)(=O)=O)C1. The molecule has 19 heavy (non-hydrogen) atoms. The van der Waals surface area contributed by atoms with Gasteiger partial charge >= 0.3 is 0 Å². The smallest absolute Gasteiger partial charge is 0.229 e. The third kappa shape index (κ3) is 2.86. The molecule has 0 spiro atoms. The number of sulfonamides is 1. The zero-order valence-corrected chi connectivity index (χ0v) is 13.7. The van der Waals surface area contributed by atoms with Crippen LogP contribution in [-0.4, -0.2) is 45.7 Å². The number of aryl methyl sites for hydroxylation is 1. The first-order valence-electron chi connectivity index (χ1n) is 5.57.